The molecular formula is C20H27N3O4S. The van der Waals surface area contributed by atoms with Gasteiger partial charge in [0.2, 0.25) is 10.0 Å². The molecule has 0 radical (unpaired) electrons. The van der Waals surface area contributed by atoms with Gasteiger partial charge in [0, 0.05) is 31.3 Å². The molecule has 4 rings (SSSR count). The molecule has 152 valence electrons. The normalized spacial score (nSPS) is 20.4. The van der Waals surface area contributed by atoms with Crippen LogP contribution in [0.3, 0.4) is 0 Å². The Morgan fingerprint density at radius 1 is 1.29 bits per heavy atom. The van der Waals surface area contributed by atoms with Gasteiger partial charge in [-0.2, -0.15) is 9.40 Å². The molecule has 2 aliphatic heterocycles. The first-order chi connectivity index (χ1) is 13.6. The lowest BCUT2D eigenvalue weighted by Crippen LogP contribution is -2.32. The van der Waals surface area contributed by atoms with Gasteiger partial charge in [-0.25, -0.2) is 8.42 Å². The Morgan fingerprint density at radius 2 is 2.11 bits per heavy atom. The number of ether oxygens (including phenoxy) is 2. The quantitative estimate of drug-likeness (QED) is 0.707. The van der Waals surface area contributed by atoms with Gasteiger partial charge in [-0.3, -0.25) is 4.68 Å². The zero-order valence-corrected chi connectivity index (χ0v) is 17.0. The summed E-state index contributed by atoms with van der Waals surface area (Å²) >= 11 is 0. The Balaban J connectivity index is 1.64. The summed E-state index contributed by atoms with van der Waals surface area (Å²) in [5.41, 5.74) is 3.89. The maximum Gasteiger partial charge on any atom is 0.218 e. The molecule has 2 aromatic rings. The van der Waals surface area contributed by atoms with Crippen molar-refractivity contribution in [3.8, 4) is 0 Å². The van der Waals surface area contributed by atoms with Crippen molar-refractivity contribution in [3.05, 3.63) is 52.8 Å². The predicted octanol–water partition coefficient (Wildman–Crippen LogP) is 2.27. The van der Waals surface area contributed by atoms with Gasteiger partial charge >= 0.3 is 0 Å². The van der Waals surface area contributed by atoms with E-state index in [1.807, 2.05) is 35.0 Å². The molecule has 28 heavy (non-hydrogen) atoms. The van der Waals surface area contributed by atoms with E-state index in [4.69, 9.17) is 14.6 Å². The van der Waals surface area contributed by atoms with Crippen molar-refractivity contribution in [1.29, 1.82) is 0 Å². The lowest BCUT2D eigenvalue weighted by Gasteiger charge is -2.24. The molecule has 7 nitrogen and oxygen atoms in total. The Kier molecular flexibility index (Phi) is 5.82. The molecule has 0 N–H and O–H groups in total. The lowest BCUT2D eigenvalue weighted by molar-refractivity contribution is 0.106. The van der Waals surface area contributed by atoms with Gasteiger partial charge in [0.05, 0.1) is 43.9 Å². The van der Waals surface area contributed by atoms with Gasteiger partial charge in [-0.05, 0) is 18.4 Å². The van der Waals surface area contributed by atoms with E-state index in [1.165, 1.54) is 0 Å². The minimum Gasteiger partial charge on any atom is -0.383 e. The van der Waals surface area contributed by atoms with Crippen LogP contribution in [-0.4, -0.2) is 49.4 Å². The summed E-state index contributed by atoms with van der Waals surface area (Å²) in [5.74, 6) is 0.0212. The van der Waals surface area contributed by atoms with Crippen molar-refractivity contribution in [3.63, 3.8) is 0 Å². The number of methoxy groups -OCH3 is 1. The summed E-state index contributed by atoms with van der Waals surface area (Å²) in [6, 6.07) is 9.14. The number of nitrogens with zero attached hydrogens (tertiary/aromatic N) is 3. The van der Waals surface area contributed by atoms with Crippen LogP contribution >= 0.6 is 0 Å². The summed E-state index contributed by atoms with van der Waals surface area (Å²) < 4.78 is 40.9. The van der Waals surface area contributed by atoms with Crippen LogP contribution in [0.2, 0.25) is 0 Å². The monoisotopic (exact) mass is 405 g/mol. The molecule has 2 aliphatic rings. The van der Waals surface area contributed by atoms with Gasteiger partial charge in [-0.1, -0.05) is 30.3 Å². The highest BCUT2D eigenvalue weighted by Crippen LogP contribution is 2.38. The van der Waals surface area contributed by atoms with E-state index in [2.05, 4.69) is 0 Å². The van der Waals surface area contributed by atoms with Crippen molar-refractivity contribution < 1.29 is 17.9 Å². The van der Waals surface area contributed by atoms with Crippen LogP contribution in [0.15, 0.2) is 30.3 Å². The van der Waals surface area contributed by atoms with E-state index in [0.29, 0.717) is 32.9 Å². The number of hydrogen-bond acceptors (Lipinski definition) is 5. The number of fused-ring (bicyclic) bond motifs is 1. The average molecular weight is 406 g/mol. The molecule has 1 aromatic heterocycles. The van der Waals surface area contributed by atoms with E-state index in [1.54, 1.807) is 11.4 Å². The highest BCUT2D eigenvalue weighted by molar-refractivity contribution is 7.88. The van der Waals surface area contributed by atoms with Crippen molar-refractivity contribution in [2.75, 3.05) is 26.9 Å². The SMILES string of the molecule is COCCn1nc(C2CCCN2S(=O)(=O)Cc2ccccc2)c2c1CCOC2. The largest absolute Gasteiger partial charge is 0.383 e. The van der Waals surface area contributed by atoms with Crippen LogP contribution in [0.5, 0.6) is 0 Å². The smallest absolute Gasteiger partial charge is 0.218 e. The van der Waals surface area contributed by atoms with Crippen LogP contribution in [0.1, 0.15) is 41.4 Å². The first-order valence-electron chi connectivity index (χ1n) is 9.78. The minimum atomic E-state index is -3.43. The molecule has 1 atom stereocenters. The molecule has 1 saturated heterocycles. The molecule has 0 amide bonds. The maximum atomic E-state index is 13.2. The Morgan fingerprint density at radius 3 is 2.89 bits per heavy atom. The number of sulfonamides is 1. The molecule has 0 aliphatic carbocycles. The minimum absolute atomic E-state index is 0.0212. The molecule has 0 bridgehead atoms. The van der Waals surface area contributed by atoms with Gasteiger partial charge in [0.25, 0.3) is 0 Å². The molecule has 1 aromatic carbocycles. The highest BCUT2D eigenvalue weighted by Gasteiger charge is 2.39. The number of hydrogen-bond donors (Lipinski definition) is 0. The van der Waals surface area contributed by atoms with Crippen LogP contribution in [-0.2, 0) is 44.8 Å². The topological polar surface area (TPSA) is 73.7 Å². The Bertz CT molecular complexity index is 911. The summed E-state index contributed by atoms with van der Waals surface area (Å²) in [6.07, 6.45) is 2.44. The fourth-order valence-electron chi connectivity index (χ4n) is 4.18. The third-order valence-corrected chi connectivity index (χ3v) is 7.35. The van der Waals surface area contributed by atoms with Gasteiger partial charge in [0.15, 0.2) is 0 Å². The lowest BCUT2D eigenvalue weighted by atomic mass is 10.0. The molecular weight excluding hydrogens is 378 g/mol. The van der Waals surface area contributed by atoms with Crippen LogP contribution in [0, 0.1) is 0 Å². The highest BCUT2D eigenvalue weighted by atomic mass is 32.2. The first-order valence-corrected chi connectivity index (χ1v) is 11.4. The van der Waals surface area contributed by atoms with Crippen molar-refractivity contribution in [2.24, 2.45) is 0 Å². The molecule has 1 fully saturated rings. The number of benzene rings is 1. The van der Waals surface area contributed by atoms with Crippen LogP contribution in [0.4, 0.5) is 0 Å². The molecule has 8 heteroatoms. The van der Waals surface area contributed by atoms with E-state index < -0.39 is 10.0 Å². The van der Waals surface area contributed by atoms with E-state index in [9.17, 15) is 8.42 Å². The second-order valence-corrected chi connectivity index (χ2v) is 9.26. The zero-order valence-electron chi connectivity index (χ0n) is 16.2. The zero-order chi connectivity index (χ0) is 19.6. The van der Waals surface area contributed by atoms with Crippen molar-refractivity contribution in [1.82, 2.24) is 14.1 Å². The fourth-order valence-corrected chi connectivity index (χ4v) is 5.96. The van der Waals surface area contributed by atoms with E-state index in [-0.39, 0.29) is 11.8 Å². The summed E-state index contributed by atoms with van der Waals surface area (Å²) in [4.78, 5) is 0. The van der Waals surface area contributed by atoms with E-state index >= 15 is 0 Å². The second kappa shape index (κ2) is 8.32. The predicted molar refractivity (Wildman–Crippen MR) is 105 cm³/mol. The molecule has 0 saturated carbocycles. The van der Waals surface area contributed by atoms with Crippen molar-refractivity contribution in [2.45, 2.75) is 44.2 Å². The van der Waals surface area contributed by atoms with Crippen molar-refractivity contribution >= 4 is 10.0 Å². The number of rotatable bonds is 7. The third kappa shape index (κ3) is 3.87. The Hall–Kier alpha value is -1.74. The van der Waals surface area contributed by atoms with Crippen LogP contribution in [0.25, 0.3) is 0 Å². The molecule has 0 spiro atoms. The summed E-state index contributed by atoms with van der Waals surface area (Å²) in [6.45, 7) is 2.96. The fraction of sp³-hybridized carbons (Fsp3) is 0.550. The van der Waals surface area contributed by atoms with Gasteiger partial charge < -0.3 is 9.47 Å². The first kappa shape index (κ1) is 19.6. The van der Waals surface area contributed by atoms with Gasteiger partial charge in [-0.15, -0.1) is 0 Å². The van der Waals surface area contributed by atoms with Gasteiger partial charge in [0.1, 0.15) is 0 Å². The third-order valence-electron chi connectivity index (χ3n) is 5.50. The van der Waals surface area contributed by atoms with Crippen LogP contribution < -0.4 is 0 Å². The molecule has 1 unspecified atom stereocenters. The van der Waals surface area contributed by atoms with E-state index in [0.717, 1.165) is 41.8 Å². The Labute approximate surface area is 166 Å². The molecule has 3 heterocycles. The standard InChI is InChI=1S/C20H27N3O4S/c1-26-13-11-22-18-9-12-27-14-17(18)20(21-22)19-8-5-10-23(19)28(24,25)15-16-6-3-2-4-7-16/h2-4,6-7,19H,5,8-15H2,1H3. The summed E-state index contributed by atoms with van der Waals surface area (Å²) in [5, 5.41) is 4.83. The second-order valence-electron chi connectivity index (χ2n) is 7.34. The maximum absolute atomic E-state index is 13.2. The summed E-state index contributed by atoms with van der Waals surface area (Å²) in [7, 11) is -1.75. The average Bonchev–Trinajstić information content (AvgIpc) is 3.32. The number of aromatic nitrogens is 2.